The van der Waals surface area contributed by atoms with E-state index >= 15 is 0 Å². The first kappa shape index (κ1) is 19.5. The van der Waals surface area contributed by atoms with Crippen molar-refractivity contribution in [3.05, 3.63) is 54.0 Å². The van der Waals surface area contributed by atoms with E-state index in [1.54, 1.807) is 30.3 Å². The van der Waals surface area contributed by atoms with Gasteiger partial charge in [0.15, 0.2) is 0 Å². The lowest BCUT2D eigenvalue weighted by atomic mass is 10.1. The zero-order chi connectivity index (χ0) is 19.1. The fourth-order valence-electron chi connectivity index (χ4n) is 3.33. The molecule has 1 amide bonds. The highest BCUT2D eigenvalue weighted by atomic mass is 19.1. The van der Waals surface area contributed by atoms with Gasteiger partial charge in [0.1, 0.15) is 5.82 Å². The summed E-state index contributed by atoms with van der Waals surface area (Å²) in [7, 11) is 0. The molecular formula is C21H26FN3O2. The van der Waals surface area contributed by atoms with Crippen LogP contribution in [0.4, 0.5) is 4.39 Å². The molecule has 0 radical (unpaired) electrons. The van der Waals surface area contributed by atoms with Gasteiger partial charge < -0.3 is 15.3 Å². The lowest BCUT2D eigenvalue weighted by molar-refractivity contribution is 0.0862. The quantitative estimate of drug-likeness (QED) is 0.820. The highest BCUT2D eigenvalue weighted by Crippen LogP contribution is 2.17. The number of β-amino-alcohol motifs (C(OH)–C–C–N with tert-alkyl or cyclic N) is 1. The number of aliphatic hydroxyl groups excluding tert-OH is 1. The monoisotopic (exact) mass is 371 g/mol. The highest BCUT2D eigenvalue weighted by molar-refractivity contribution is 5.94. The SMILES string of the molecule is O=C(NCC(O)CN1CCCCCC1)c1ccc(-c2ccc(F)cn2)cc1. The van der Waals surface area contributed by atoms with Gasteiger partial charge >= 0.3 is 0 Å². The number of aromatic nitrogens is 1. The maximum atomic E-state index is 13.0. The zero-order valence-electron chi connectivity index (χ0n) is 15.4. The largest absolute Gasteiger partial charge is 0.390 e. The van der Waals surface area contributed by atoms with Gasteiger partial charge in [-0.3, -0.25) is 9.78 Å². The van der Waals surface area contributed by atoms with E-state index in [0.29, 0.717) is 17.8 Å². The summed E-state index contributed by atoms with van der Waals surface area (Å²) in [5.41, 5.74) is 1.98. The standard InChI is InChI=1S/C21H26FN3O2/c22-18-9-10-20(23-13-18)16-5-7-17(8-6-16)21(27)24-14-19(26)15-25-11-3-1-2-4-12-25/h5-10,13,19,26H,1-4,11-12,14-15H2,(H,24,27). The lowest BCUT2D eigenvalue weighted by Gasteiger charge is -2.23. The van der Waals surface area contributed by atoms with Crippen molar-refractivity contribution in [1.29, 1.82) is 0 Å². The van der Waals surface area contributed by atoms with E-state index in [9.17, 15) is 14.3 Å². The Labute approximate surface area is 159 Å². The van der Waals surface area contributed by atoms with Crippen LogP contribution in [0.2, 0.25) is 0 Å². The smallest absolute Gasteiger partial charge is 0.251 e. The van der Waals surface area contributed by atoms with Gasteiger partial charge in [0.2, 0.25) is 0 Å². The second kappa shape index (κ2) is 9.58. The summed E-state index contributed by atoms with van der Waals surface area (Å²) in [5, 5.41) is 13.0. The van der Waals surface area contributed by atoms with Gasteiger partial charge in [0, 0.05) is 24.2 Å². The van der Waals surface area contributed by atoms with Crippen LogP contribution >= 0.6 is 0 Å². The number of nitrogens with zero attached hydrogens (tertiary/aromatic N) is 2. The van der Waals surface area contributed by atoms with Crippen LogP contribution in [0, 0.1) is 5.82 Å². The molecule has 0 aliphatic carbocycles. The molecule has 3 rings (SSSR count). The van der Waals surface area contributed by atoms with Crippen LogP contribution in [-0.2, 0) is 0 Å². The van der Waals surface area contributed by atoms with Gasteiger partial charge in [0.05, 0.1) is 18.0 Å². The number of hydrogen-bond acceptors (Lipinski definition) is 4. The van der Waals surface area contributed by atoms with Crippen molar-refractivity contribution in [2.24, 2.45) is 0 Å². The summed E-state index contributed by atoms with van der Waals surface area (Å²) in [6.07, 6.45) is 5.46. The topological polar surface area (TPSA) is 65.5 Å². The number of amides is 1. The Morgan fingerprint density at radius 1 is 1.11 bits per heavy atom. The molecule has 5 nitrogen and oxygen atoms in total. The van der Waals surface area contributed by atoms with Crippen molar-refractivity contribution >= 4 is 5.91 Å². The predicted molar refractivity (Wildman–Crippen MR) is 103 cm³/mol. The van der Waals surface area contributed by atoms with Crippen molar-refractivity contribution in [1.82, 2.24) is 15.2 Å². The van der Waals surface area contributed by atoms with Gasteiger partial charge in [-0.1, -0.05) is 25.0 Å². The Balaban J connectivity index is 1.49. The fourth-order valence-corrected chi connectivity index (χ4v) is 3.33. The molecule has 27 heavy (non-hydrogen) atoms. The second-order valence-electron chi connectivity index (χ2n) is 7.02. The summed E-state index contributed by atoms with van der Waals surface area (Å²) in [5.74, 6) is -0.600. The van der Waals surface area contributed by atoms with Gasteiger partial charge in [-0.25, -0.2) is 4.39 Å². The molecule has 0 bridgehead atoms. The summed E-state index contributed by atoms with van der Waals surface area (Å²) < 4.78 is 13.0. The number of halogens is 1. The Morgan fingerprint density at radius 2 is 1.81 bits per heavy atom. The Hall–Kier alpha value is -2.31. The predicted octanol–water partition coefficient (Wildman–Crippen LogP) is 2.85. The third kappa shape index (κ3) is 5.84. The van der Waals surface area contributed by atoms with Crippen LogP contribution in [0.3, 0.4) is 0 Å². The number of pyridine rings is 1. The molecule has 0 spiro atoms. The maximum absolute atomic E-state index is 13.0. The number of hydrogen-bond donors (Lipinski definition) is 2. The first-order valence-electron chi connectivity index (χ1n) is 9.52. The van der Waals surface area contributed by atoms with Crippen LogP contribution in [0.1, 0.15) is 36.0 Å². The van der Waals surface area contributed by atoms with E-state index in [0.717, 1.165) is 18.7 Å². The molecule has 1 saturated heterocycles. The van der Waals surface area contributed by atoms with Crippen molar-refractivity contribution in [3.8, 4) is 11.3 Å². The minimum absolute atomic E-state index is 0.219. The third-order valence-electron chi connectivity index (χ3n) is 4.84. The summed E-state index contributed by atoms with van der Waals surface area (Å²) >= 11 is 0. The number of carbonyl (C=O) groups excluding carboxylic acids is 1. The number of likely N-dealkylation sites (tertiary alicyclic amines) is 1. The fraction of sp³-hybridized carbons (Fsp3) is 0.429. The Kier molecular flexibility index (Phi) is 6.90. The molecule has 2 aromatic rings. The number of carbonyl (C=O) groups is 1. The van der Waals surface area contributed by atoms with E-state index in [4.69, 9.17) is 0 Å². The molecule has 2 heterocycles. The van der Waals surface area contributed by atoms with Gasteiger partial charge in [-0.05, 0) is 50.2 Å². The average molecular weight is 371 g/mol. The molecule has 1 aromatic carbocycles. The molecular weight excluding hydrogens is 345 g/mol. The van der Waals surface area contributed by atoms with Gasteiger partial charge in [0.25, 0.3) is 5.91 Å². The minimum atomic E-state index is -0.574. The van der Waals surface area contributed by atoms with Crippen molar-refractivity contribution in [2.75, 3.05) is 26.2 Å². The van der Waals surface area contributed by atoms with Crippen LogP contribution in [0.15, 0.2) is 42.6 Å². The van der Waals surface area contributed by atoms with E-state index in [-0.39, 0.29) is 18.3 Å². The average Bonchev–Trinajstić information content (AvgIpc) is 2.95. The first-order valence-corrected chi connectivity index (χ1v) is 9.52. The molecule has 2 N–H and O–H groups in total. The van der Waals surface area contributed by atoms with Gasteiger partial charge in [-0.15, -0.1) is 0 Å². The van der Waals surface area contributed by atoms with Crippen molar-refractivity contribution < 1.29 is 14.3 Å². The summed E-state index contributed by atoms with van der Waals surface area (Å²) in [6, 6.07) is 9.93. The molecule has 1 fully saturated rings. The molecule has 144 valence electrons. The van der Waals surface area contributed by atoms with Crippen molar-refractivity contribution in [3.63, 3.8) is 0 Å². The molecule has 1 atom stereocenters. The van der Waals surface area contributed by atoms with E-state index in [1.165, 1.54) is 37.9 Å². The molecule has 1 aromatic heterocycles. The zero-order valence-corrected chi connectivity index (χ0v) is 15.4. The van der Waals surface area contributed by atoms with E-state index in [2.05, 4.69) is 15.2 Å². The normalized spacial score (nSPS) is 16.5. The Morgan fingerprint density at radius 3 is 2.44 bits per heavy atom. The number of rotatable bonds is 6. The maximum Gasteiger partial charge on any atom is 0.251 e. The first-order chi connectivity index (χ1) is 13.1. The molecule has 6 heteroatoms. The van der Waals surface area contributed by atoms with E-state index in [1.807, 2.05) is 0 Å². The summed E-state index contributed by atoms with van der Waals surface area (Å²) in [4.78, 5) is 18.6. The van der Waals surface area contributed by atoms with E-state index < -0.39 is 6.10 Å². The summed E-state index contributed by atoms with van der Waals surface area (Å²) in [6.45, 7) is 2.86. The number of aliphatic hydroxyl groups is 1. The van der Waals surface area contributed by atoms with Crippen LogP contribution < -0.4 is 5.32 Å². The molecule has 1 unspecified atom stereocenters. The molecule has 1 aliphatic heterocycles. The lowest BCUT2D eigenvalue weighted by Crippen LogP contribution is -2.40. The van der Waals surface area contributed by atoms with Crippen LogP contribution in [0.5, 0.6) is 0 Å². The number of nitrogens with one attached hydrogen (secondary N) is 1. The second-order valence-corrected chi connectivity index (χ2v) is 7.02. The van der Waals surface area contributed by atoms with Crippen molar-refractivity contribution in [2.45, 2.75) is 31.8 Å². The number of benzene rings is 1. The highest BCUT2D eigenvalue weighted by Gasteiger charge is 2.15. The Bertz CT molecular complexity index is 726. The minimum Gasteiger partial charge on any atom is -0.390 e. The van der Waals surface area contributed by atoms with Crippen LogP contribution in [0.25, 0.3) is 11.3 Å². The molecule has 1 aliphatic rings. The third-order valence-corrected chi connectivity index (χ3v) is 4.84. The van der Waals surface area contributed by atoms with Gasteiger partial charge in [-0.2, -0.15) is 0 Å². The van der Waals surface area contributed by atoms with Crippen LogP contribution in [-0.4, -0.2) is 53.2 Å². The molecule has 0 saturated carbocycles.